The zero-order valence-electron chi connectivity index (χ0n) is 16.1. The summed E-state index contributed by atoms with van der Waals surface area (Å²) in [6.45, 7) is 10.2. The summed E-state index contributed by atoms with van der Waals surface area (Å²) in [4.78, 5) is 9.03. The summed E-state index contributed by atoms with van der Waals surface area (Å²) in [5.74, 6) is 1.40. The van der Waals surface area contributed by atoms with Crippen LogP contribution in [0.25, 0.3) is 0 Å². The van der Waals surface area contributed by atoms with E-state index in [1.54, 1.807) is 0 Å². The van der Waals surface area contributed by atoms with E-state index in [-0.39, 0.29) is 0 Å². The molecule has 0 saturated heterocycles. The summed E-state index contributed by atoms with van der Waals surface area (Å²) in [6, 6.07) is 6.18. The Morgan fingerprint density at radius 3 is 2.69 bits per heavy atom. The second kappa shape index (κ2) is 7.25. The fourth-order valence-corrected chi connectivity index (χ4v) is 3.24. The van der Waals surface area contributed by atoms with E-state index in [0.717, 1.165) is 40.9 Å². The fourth-order valence-electron chi connectivity index (χ4n) is 3.24. The van der Waals surface area contributed by atoms with Gasteiger partial charge in [0.25, 0.3) is 0 Å². The van der Waals surface area contributed by atoms with Crippen molar-refractivity contribution in [3.8, 4) is 0 Å². The van der Waals surface area contributed by atoms with E-state index in [1.165, 1.54) is 0 Å². The third-order valence-electron chi connectivity index (χ3n) is 4.93. The third kappa shape index (κ3) is 3.69. The first kappa shape index (κ1) is 18.7. The molecule has 2 aromatic rings. The van der Waals surface area contributed by atoms with Crippen LogP contribution in [0.1, 0.15) is 51.7 Å². The van der Waals surface area contributed by atoms with Gasteiger partial charge in [0, 0.05) is 23.5 Å². The highest BCUT2D eigenvalue weighted by atomic mass is 16.5. The number of nitrogens with zero attached hydrogens (tertiary/aromatic N) is 2. The van der Waals surface area contributed by atoms with Crippen LogP contribution >= 0.6 is 0 Å². The van der Waals surface area contributed by atoms with Gasteiger partial charge >= 0.3 is 7.12 Å². The van der Waals surface area contributed by atoms with Crippen LogP contribution in [0.5, 0.6) is 0 Å². The summed E-state index contributed by atoms with van der Waals surface area (Å²) >= 11 is 0. The van der Waals surface area contributed by atoms with E-state index in [9.17, 15) is 5.02 Å². The van der Waals surface area contributed by atoms with Crippen molar-refractivity contribution in [3.63, 3.8) is 0 Å². The van der Waals surface area contributed by atoms with E-state index < -0.39 is 12.7 Å². The Hall–Kier alpha value is -2.12. The van der Waals surface area contributed by atoms with Crippen LogP contribution < -0.4 is 16.1 Å². The van der Waals surface area contributed by atoms with E-state index in [1.807, 2.05) is 45.2 Å². The normalized spacial score (nSPS) is 15.3. The number of aryl methyl sites for hydroxylation is 1. The van der Waals surface area contributed by atoms with Gasteiger partial charge in [-0.15, -0.1) is 0 Å². The molecule has 0 fully saturated rings. The monoisotopic (exact) mass is 354 g/mol. The molecule has 1 aromatic carbocycles. The largest absolute Gasteiger partial charge is 0.492 e. The van der Waals surface area contributed by atoms with Gasteiger partial charge < -0.3 is 20.3 Å². The number of rotatable bonds is 6. The van der Waals surface area contributed by atoms with Gasteiger partial charge in [0.1, 0.15) is 5.82 Å². The van der Waals surface area contributed by atoms with Crippen molar-refractivity contribution < 1.29 is 9.68 Å². The second-order valence-corrected chi connectivity index (χ2v) is 7.29. The molecule has 0 atom stereocenters. The molecule has 1 aliphatic rings. The number of benzene rings is 1. The Kier molecular flexibility index (Phi) is 5.21. The van der Waals surface area contributed by atoms with Gasteiger partial charge in [-0.2, -0.15) is 4.98 Å². The first-order valence-corrected chi connectivity index (χ1v) is 9.21. The standard InChI is InChI=1S/C19H27BN4O2/c1-6-13(7-2)22-17-12(3)11-21-18(24-17)23-14-8-9-16-15(10-14)19(4,5)26-20(16)25/h8-11,13,25H,6-7H2,1-5H3,(H2,21,22,23,24). The first-order valence-electron chi connectivity index (χ1n) is 9.21. The highest BCUT2D eigenvalue weighted by molar-refractivity contribution is 6.62. The quantitative estimate of drug-likeness (QED) is 0.692. The van der Waals surface area contributed by atoms with Gasteiger partial charge in [-0.05, 0) is 56.8 Å². The maximum absolute atomic E-state index is 10.0. The maximum atomic E-state index is 10.0. The van der Waals surface area contributed by atoms with Crippen molar-refractivity contribution >= 4 is 30.0 Å². The van der Waals surface area contributed by atoms with Crippen LogP contribution in [0.2, 0.25) is 0 Å². The van der Waals surface area contributed by atoms with Crippen molar-refractivity contribution in [1.82, 2.24) is 9.97 Å². The van der Waals surface area contributed by atoms with Crippen molar-refractivity contribution in [2.45, 2.75) is 59.1 Å². The van der Waals surface area contributed by atoms with Crippen LogP contribution in [0.4, 0.5) is 17.5 Å². The van der Waals surface area contributed by atoms with Crippen molar-refractivity contribution in [2.75, 3.05) is 10.6 Å². The molecule has 1 aliphatic heterocycles. The predicted octanol–water partition coefficient (Wildman–Crippen LogP) is 3.08. The van der Waals surface area contributed by atoms with Crippen molar-refractivity contribution in [1.29, 1.82) is 0 Å². The number of anilines is 3. The Morgan fingerprint density at radius 1 is 1.27 bits per heavy atom. The Bertz CT molecular complexity index is 793. The number of aromatic nitrogens is 2. The number of hydrogen-bond donors (Lipinski definition) is 3. The lowest BCUT2D eigenvalue weighted by Crippen LogP contribution is -2.28. The maximum Gasteiger partial charge on any atom is 0.492 e. The molecule has 7 heteroatoms. The summed E-state index contributed by atoms with van der Waals surface area (Å²) < 4.78 is 5.61. The number of nitrogens with one attached hydrogen (secondary N) is 2. The molecule has 0 radical (unpaired) electrons. The summed E-state index contributed by atoms with van der Waals surface area (Å²) in [5.41, 5.74) is 3.14. The summed E-state index contributed by atoms with van der Waals surface area (Å²) in [7, 11) is -0.875. The van der Waals surface area contributed by atoms with Crippen LogP contribution in [-0.4, -0.2) is 28.2 Å². The molecule has 3 N–H and O–H groups in total. The average Bonchev–Trinajstić information content (AvgIpc) is 2.84. The molecule has 3 rings (SSSR count). The molecule has 138 valence electrons. The zero-order chi connectivity index (χ0) is 18.9. The minimum atomic E-state index is -0.875. The van der Waals surface area contributed by atoms with E-state index in [2.05, 4.69) is 34.4 Å². The SMILES string of the molecule is CCC(CC)Nc1nc(Nc2ccc3c(c2)C(C)(C)OB3O)ncc1C. The second-order valence-electron chi connectivity index (χ2n) is 7.29. The molecular weight excluding hydrogens is 327 g/mol. The molecule has 0 saturated carbocycles. The molecular formula is C19H27BN4O2. The van der Waals surface area contributed by atoms with Crippen LogP contribution in [0, 0.1) is 6.92 Å². The van der Waals surface area contributed by atoms with Gasteiger partial charge in [0.05, 0.1) is 5.60 Å². The topological polar surface area (TPSA) is 79.3 Å². The number of hydrogen-bond acceptors (Lipinski definition) is 6. The molecule has 0 bridgehead atoms. The molecule has 26 heavy (non-hydrogen) atoms. The Labute approximate surface area is 155 Å². The summed E-state index contributed by atoms with van der Waals surface area (Å²) in [5, 5.41) is 16.8. The van der Waals surface area contributed by atoms with Crippen molar-refractivity contribution in [2.24, 2.45) is 0 Å². The molecule has 2 heterocycles. The molecule has 6 nitrogen and oxygen atoms in total. The lowest BCUT2D eigenvalue weighted by atomic mass is 9.78. The Balaban J connectivity index is 1.84. The van der Waals surface area contributed by atoms with E-state index in [4.69, 9.17) is 4.65 Å². The predicted molar refractivity (Wildman–Crippen MR) is 106 cm³/mol. The molecule has 1 aromatic heterocycles. The number of fused-ring (bicyclic) bond motifs is 1. The lowest BCUT2D eigenvalue weighted by molar-refractivity contribution is 0.101. The van der Waals surface area contributed by atoms with Gasteiger partial charge in [0.2, 0.25) is 5.95 Å². The van der Waals surface area contributed by atoms with Crippen LogP contribution in [0.3, 0.4) is 0 Å². The highest BCUT2D eigenvalue weighted by Gasteiger charge is 2.40. The lowest BCUT2D eigenvalue weighted by Gasteiger charge is -2.20. The molecule has 0 spiro atoms. The first-order chi connectivity index (χ1) is 12.3. The van der Waals surface area contributed by atoms with Crippen molar-refractivity contribution in [3.05, 3.63) is 35.5 Å². The third-order valence-corrected chi connectivity index (χ3v) is 4.93. The molecule has 0 amide bonds. The van der Waals surface area contributed by atoms with Gasteiger partial charge in [-0.25, -0.2) is 4.98 Å². The van der Waals surface area contributed by atoms with Crippen LogP contribution in [-0.2, 0) is 10.3 Å². The average molecular weight is 354 g/mol. The van der Waals surface area contributed by atoms with E-state index >= 15 is 0 Å². The van der Waals surface area contributed by atoms with Crippen LogP contribution in [0.15, 0.2) is 24.4 Å². The molecule has 0 unspecified atom stereocenters. The highest BCUT2D eigenvalue weighted by Crippen LogP contribution is 2.32. The Morgan fingerprint density at radius 2 is 2.00 bits per heavy atom. The van der Waals surface area contributed by atoms with Gasteiger partial charge in [-0.1, -0.05) is 19.9 Å². The fraction of sp³-hybridized carbons (Fsp3) is 0.474. The molecule has 0 aliphatic carbocycles. The smallest absolute Gasteiger partial charge is 0.423 e. The minimum absolute atomic E-state index is 0.399. The van der Waals surface area contributed by atoms with Gasteiger partial charge in [0.15, 0.2) is 0 Å². The minimum Gasteiger partial charge on any atom is -0.423 e. The summed E-state index contributed by atoms with van der Waals surface area (Å²) in [6.07, 6.45) is 3.92. The van der Waals surface area contributed by atoms with E-state index in [0.29, 0.717) is 12.0 Å². The zero-order valence-corrected chi connectivity index (χ0v) is 16.1. The van der Waals surface area contributed by atoms with Gasteiger partial charge in [-0.3, -0.25) is 0 Å².